The maximum absolute atomic E-state index is 13.1. The quantitative estimate of drug-likeness (QED) is 0.458. The number of alkyl halides is 3. The van der Waals surface area contributed by atoms with E-state index in [1.807, 2.05) is 0 Å². The van der Waals surface area contributed by atoms with E-state index in [2.05, 4.69) is 10.2 Å². The lowest BCUT2D eigenvalue weighted by molar-refractivity contribution is -0.138. The summed E-state index contributed by atoms with van der Waals surface area (Å²) in [5.74, 6) is -0.519. The predicted octanol–water partition coefficient (Wildman–Crippen LogP) is 3.98. The Labute approximate surface area is 201 Å². The van der Waals surface area contributed by atoms with Crippen molar-refractivity contribution in [2.45, 2.75) is 44.1 Å². The molecule has 1 aliphatic heterocycles. The summed E-state index contributed by atoms with van der Waals surface area (Å²) in [6.07, 6.45) is -3.81. The van der Waals surface area contributed by atoms with Crippen LogP contribution in [-0.2, 0) is 23.9 Å². The summed E-state index contributed by atoms with van der Waals surface area (Å²) >= 11 is 5.69. The number of piperidine rings is 1. The first-order valence-corrected chi connectivity index (χ1v) is 11.4. The normalized spacial score (nSPS) is 16.4. The maximum Gasteiger partial charge on any atom is 0.417 e. The molecule has 1 heterocycles. The number of carboxylic acid groups (broad SMARTS) is 1. The standard InChI is InChI=1S/C24H28ClF3N2O4/c25-21-6-5-16(11-20(21)24(26,27)28)14-30-9-7-18(8-10-30)29-13-19(31)15-34-22-4-2-1-3-17(22)12-23(32)33/h1-6,11,18-19,29,31H,7-10,12-15H2,(H,32,33)/t19-/m0/s1. The van der Waals surface area contributed by atoms with Crippen LogP contribution in [0.25, 0.3) is 0 Å². The Hall–Kier alpha value is -2.33. The Morgan fingerprint density at radius 3 is 2.59 bits per heavy atom. The van der Waals surface area contributed by atoms with Crippen LogP contribution in [0.15, 0.2) is 42.5 Å². The summed E-state index contributed by atoms with van der Waals surface area (Å²) in [5.41, 5.74) is 0.300. The fourth-order valence-corrected chi connectivity index (χ4v) is 4.17. The minimum Gasteiger partial charge on any atom is -0.491 e. The van der Waals surface area contributed by atoms with E-state index in [0.29, 0.717) is 30.0 Å². The van der Waals surface area contributed by atoms with Crippen molar-refractivity contribution in [1.82, 2.24) is 10.2 Å². The van der Waals surface area contributed by atoms with Crippen molar-refractivity contribution in [1.29, 1.82) is 0 Å². The number of rotatable bonds is 10. The van der Waals surface area contributed by atoms with E-state index in [9.17, 15) is 23.1 Å². The van der Waals surface area contributed by atoms with Crippen molar-refractivity contribution in [2.24, 2.45) is 0 Å². The zero-order chi connectivity index (χ0) is 24.7. The van der Waals surface area contributed by atoms with Gasteiger partial charge in [0.2, 0.25) is 0 Å². The molecule has 0 aromatic heterocycles. The van der Waals surface area contributed by atoms with Gasteiger partial charge in [0.25, 0.3) is 0 Å². The second-order valence-electron chi connectivity index (χ2n) is 8.41. The van der Waals surface area contributed by atoms with Gasteiger partial charge in [-0.2, -0.15) is 13.2 Å². The molecule has 0 saturated carbocycles. The summed E-state index contributed by atoms with van der Waals surface area (Å²) in [6.45, 7) is 2.20. The fourth-order valence-electron chi connectivity index (χ4n) is 3.94. The molecule has 3 N–H and O–H groups in total. The summed E-state index contributed by atoms with van der Waals surface area (Å²) in [5, 5.41) is 22.3. The van der Waals surface area contributed by atoms with Crippen LogP contribution in [0.2, 0.25) is 5.02 Å². The van der Waals surface area contributed by atoms with Crippen molar-refractivity contribution in [3.63, 3.8) is 0 Å². The van der Waals surface area contributed by atoms with Crippen molar-refractivity contribution in [3.8, 4) is 5.75 Å². The van der Waals surface area contributed by atoms with E-state index in [1.54, 1.807) is 30.3 Å². The van der Waals surface area contributed by atoms with Gasteiger partial charge in [0.05, 0.1) is 17.0 Å². The number of aliphatic hydroxyl groups is 1. The van der Waals surface area contributed by atoms with Crippen LogP contribution >= 0.6 is 11.6 Å². The topological polar surface area (TPSA) is 82.0 Å². The van der Waals surface area contributed by atoms with Gasteiger partial charge in [-0.1, -0.05) is 35.9 Å². The Balaban J connectivity index is 1.40. The summed E-state index contributed by atoms with van der Waals surface area (Å²) in [7, 11) is 0. The van der Waals surface area contributed by atoms with Gasteiger partial charge >= 0.3 is 12.1 Å². The monoisotopic (exact) mass is 500 g/mol. The van der Waals surface area contributed by atoms with Crippen LogP contribution in [0.4, 0.5) is 13.2 Å². The van der Waals surface area contributed by atoms with Crippen molar-refractivity contribution >= 4 is 17.6 Å². The Kier molecular flexibility index (Phi) is 9.18. The number of benzene rings is 2. The highest BCUT2D eigenvalue weighted by molar-refractivity contribution is 6.31. The third kappa shape index (κ3) is 7.87. The van der Waals surface area contributed by atoms with Gasteiger partial charge < -0.3 is 20.3 Å². The molecule has 186 valence electrons. The van der Waals surface area contributed by atoms with E-state index in [1.165, 1.54) is 6.07 Å². The summed E-state index contributed by atoms with van der Waals surface area (Å²) in [4.78, 5) is 13.1. The van der Waals surface area contributed by atoms with Crippen LogP contribution in [0.3, 0.4) is 0 Å². The molecular formula is C24H28ClF3N2O4. The fraction of sp³-hybridized carbons (Fsp3) is 0.458. The third-order valence-corrected chi connectivity index (χ3v) is 6.05. The number of aliphatic hydroxyl groups excluding tert-OH is 1. The summed E-state index contributed by atoms with van der Waals surface area (Å²) in [6, 6.07) is 11.0. The smallest absolute Gasteiger partial charge is 0.417 e. The van der Waals surface area contributed by atoms with Crippen LogP contribution in [-0.4, -0.2) is 59.5 Å². The van der Waals surface area contributed by atoms with E-state index in [-0.39, 0.29) is 24.1 Å². The van der Waals surface area contributed by atoms with Crippen LogP contribution in [0.5, 0.6) is 5.75 Å². The maximum atomic E-state index is 13.1. The number of aliphatic carboxylic acids is 1. The lowest BCUT2D eigenvalue weighted by Crippen LogP contribution is -2.45. The highest BCUT2D eigenvalue weighted by Crippen LogP contribution is 2.35. The number of halogens is 4. The van der Waals surface area contributed by atoms with Crippen LogP contribution in [0, 0.1) is 0 Å². The lowest BCUT2D eigenvalue weighted by Gasteiger charge is -2.33. The molecule has 0 amide bonds. The number of para-hydroxylation sites is 1. The van der Waals surface area contributed by atoms with E-state index in [0.717, 1.165) is 32.0 Å². The number of ether oxygens (including phenoxy) is 1. The average Bonchev–Trinajstić information content (AvgIpc) is 2.78. The Morgan fingerprint density at radius 2 is 1.91 bits per heavy atom. The lowest BCUT2D eigenvalue weighted by atomic mass is 10.0. The molecule has 1 atom stereocenters. The first kappa shape index (κ1) is 26.3. The molecule has 0 unspecified atom stereocenters. The van der Waals surface area contributed by atoms with Crippen molar-refractivity contribution in [2.75, 3.05) is 26.2 Å². The molecular weight excluding hydrogens is 473 g/mol. The highest BCUT2D eigenvalue weighted by atomic mass is 35.5. The number of hydrogen-bond donors (Lipinski definition) is 3. The molecule has 10 heteroatoms. The number of carbonyl (C=O) groups is 1. The summed E-state index contributed by atoms with van der Waals surface area (Å²) < 4.78 is 44.8. The molecule has 1 fully saturated rings. The van der Waals surface area contributed by atoms with Gasteiger partial charge in [0.15, 0.2) is 0 Å². The molecule has 1 aliphatic rings. The second kappa shape index (κ2) is 11.9. The zero-order valence-electron chi connectivity index (χ0n) is 18.5. The molecule has 0 bridgehead atoms. The zero-order valence-corrected chi connectivity index (χ0v) is 19.3. The molecule has 6 nitrogen and oxygen atoms in total. The first-order valence-electron chi connectivity index (χ1n) is 11.0. The van der Waals surface area contributed by atoms with Gasteiger partial charge in [-0.05, 0) is 49.7 Å². The molecule has 2 aromatic rings. The third-order valence-electron chi connectivity index (χ3n) is 5.72. The Morgan fingerprint density at radius 1 is 1.21 bits per heavy atom. The minimum atomic E-state index is -4.48. The average molecular weight is 501 g/mol. The number of likely N-dealkylation sites (tertiary alicyclic amines) is 1. The first-order chi connectivity index (χ1) is 16.1. The van der Waals surface area contributed by atoms with E-state index < -0.39 is 23.8 Å². The number of nitrogens with zero attached hydrogens (tertiary/aromatic N) is 1. The van der Waals surface area contributed by atoms with Gasteiger partial charge in [0.1, 0.15) is 18.5 Å². The molecule has 1 saturated heterocycles. The number of nitrogens with one attached hydrogen (secondary N) is 1. The predicted molar refractivity (Wildman–Crippen MR) is 122 cm³/mol. The molecule has 0 spiro atoms. The largest absolute Gasteiger partial charge is 0.491 e. The van der Waals surface area contributed by atoms with E-state index >= 15 is 0 Å². The number of hydrogen-bond acceptors (Lipinski definition) is 5. The minimum absolute atomic E-state index is 0.0284. The molecule has 3 rings (SSSR count). The molecule has 34 heavy (non-hydrogen) atoms. The van der Waals surface area contributed by atoms with Crippen LogP contribution in [0.1, 0.15) is 29.5 Å². The molecule has 2 aromatic carbocycles. The van der Waals surface area contributed by atoms with Gasteiger partial charge in [-0.15, -0.1) is 0 Å². The van der Waals surface area contributed by atoms with Gasteiger partial charge in [-0.3, -0.25) is 9.69 Å². The van der Waals surface area contributed by atoms with Crippen LogP contribution < -0.4 is 10.1 Å². The Bertz CT molecular complexity index is 965. The highest BCUT2D eigenvalue weighted by Gasteiger charge is 2.33. The van der Waals surface area contributed by atoms with Gasteiger partial charge in [0, 0.05) is 24.7 Å². The second-order valence-corrected chi connectivity index (χ2v) is 8.82. The van der Waals surface area contributed by atoms with Gasteiger partial charge in [-0.25, -0.2) is 0 Å². The molecule has 0 aliphatic carbocycles. The van der Waals surface area contributed by atoms with Crippen molar-refractivity contribution < 1.29 is 32.9 Å². The van der Waals surface area contributed by atoms with E-state index in [4.69, 9.17) is 21.4 Å². The molecule has 0 radical (unpaired) electrons. The van der Waals surface area contributed by atoms with Crippen molar-refractivity contribution in [3.05, 3.63) is 64.2 Å². The SMILES string of the molecule is O=C(O)Cc1ccccc1OC[C@@H](O)CNC1CCN(Cc2ccc(Cl)c(C(F)(F)F)c2)CC1. The number of carboxylic acids is 1.